The highest BCUT2D eigenvalue weighted by Crippen LogP contribution is 2.11. The Morgan fingerprint density at radius 1 is 1.22 bits per heavy atom. The predicted octanol–water partition coefficient (Wildman–Crippen LogP) is -2.06. The third kappa shape index (κ3) is 3.18. The van der Waals surface area contributed by atoms with Crippen LogP contribution in [0.4, 0.5) is 0 Å². The van der Waals surface area contributed by atoms with Gasteiger partial charge in [0.15, 0.2) is 0 Å². The summed E-state index contributed by atoms with van der Waals surface area (Å²) in [6.07, 6.45) is 0.0287. The molecule has 0 aromatic heterocycles. The van der Waals surface area contributed by atoms with Gasteiger partial charge in [-0.2, -0.15) is 0 Å². The molecule has 2 aliphatic rings. The van der Waals surface area contributed by atoms with Crippen molar-refractivity contribution in [3.8, 4) is 0 Å². The maximum absolute atomic E-state index is 12.1. The molecule has 1 amide bonds. The number of carbonyl (C=O) groups excluding carboxylic acids is 1. The standard InChI is InChI=1S/C11H19N3O4/c15-8-5-9(12-6-8)11(18)14-3-1-13(2-4-14)7-10(16)17/h8-9,12,15H,1-7H2,(H,16,17). The first-order chi connectivity index (χ1) is 8.56. The molecule has 0 radical (unpaired) electrons. The molecule has 2 saturated heterocycles. The fourth-order valence-electron chi connectivity index (χ4n) is 2.44. The van der Waals surface area contributed by atoms with Crippen molar-refractivity contribution < 1.29 is 19.8 Å². The largest absolute Gasteiger partial charge is 0.480 e. The summed E-state index contributed by atoms with van der Waals surface area (Å²) in [7, 11) is 0. The van der Waals surface area contributed by atoms with Crippen LogP contribution in [0.15, 0.2) is 0 Å². The SMILES string of the molecule is O=C(O)CN1CCN(C(=O)C2CC(O)CN2)CC1. The lowest BCUT2D eigenvalue weighted by Gasteiger charge is -2.35. The van der Waals surface area contributed by atoms with Crippen molar-refractivity contribution in [2.45, 2.75) is 18.6 Å². The van der Waals surface area contributed by atoms with E-state index in [0.717, 1.165) is 0 Å². The van der Waals surface area contributed by atoms with E-state index in [1.165, 1.54) is 0 Å². The van der Waals surface area contributed by atoms with Crippen molar-refractivity contribution in [1.82, 2.24) is 15.1 Å². The number of nitrogens with zero attached hydrogens (tertiary/aromatic N) is 2. The molecule has 2 heterocycles. The van der Waals surface area contributed by atoms with E-state index in [2.05, 4.69) is 5.32 Å². The van der Waals surface area contributed by atoms with E-state index in [0.29, 0.717) is 39.1 Å². The fraction of sp³-hybridized carbons (Fsp3) is 0.818. The summed E-state index contributed by atoms with van der Waals surface area (Å²) in [5, 5.41) is 21.1. The Balaban J connectivity index is 1.79. The van der Waals surface area contributed by atoms with Crippen molar-refractivity contribution in [3.63, 3.8) is 0 Å². The molecule has 0 spiro atoms. The summed E-state index contributed by atoms with van der Waals surface area (Å²) >= 11 is 0. The second kappa shape index (κ2) is 5.64. The zero-order valence-corrected chi connectivity index (χ0v) is 10.2. The van der Waals surface area contributed by atoms with Crippen LogP contribution >= 0.6 is 0 Å². The van der Waals surface area contributed by atoms with Crippen molar-refractivity contribution in [2.24, 2.45) is 0 Å². The molecule has 2 rings (SSSR count). The van der Waals surface area contributed by atoms with Gasteiger partial charge in [-0.25, -0.2) is 0 Å². The Morgan fingerprint density at radius 2 is 1.89 bits per heavy atom. The maximum atomic E-state index is 12.1. The van der Waals surface area contributed by atoms with Crippen LogP contribution < -0.4 is 5.32 Å². The van der Waals surface area contributed by atoms with E-state index in [4.69, 9.17) is 5.11 Å². The Morgan fingerprint density at radius 3 is 2.39 bits per heavy atom. The number of aliphatic hydroxyl groups excluding tert-OH is 1. The van der Waals surface area contributed by atoms with Crippen molar-refractivity contribution in [2.75, 3.05) is 39.3 Å². The van der Waals surface area contributed by atoms with Gasteiger partial charge in [0, 0.05) is 32.7 Å². The van der Waals surface area contributed by atoms with Crippen LogP contribution in [0.2, 0.25) is 0 Å². The number of carboxylic acids is 1. The lowest BCUT2D eigenvalue weighted by atomic mass is 10.1. The van der Waals surface area contributed by atoms with Crippen LogP contribution in [0, 0.1) is 0 Å². The minimum atomic E-state index is -0.838. The molecule has 0 aliphatic carbocycles. The summed E-state index contributed by atoms with van der Waals surface area (Å²) in [5.41, 5.74) is 0. The molecule has 2 aliphatic heterocycles. The van der Waals surface area contributed by atoms with Gasteiger partial charge in [0.2, 0.25) is 5.91 Å². The first-order valence-electron chi connectivity index (χ1n) is 6.20. The first-order valence-corrected chi connectivity index (χ1v) is 6.20. The first kappa shape index (κ1) is 13.3. The number of amides is 1. The van der Waals surface area contributed by atoms with Gasteiger partial charge in [-0.1, -0.05) is 0 Å². The maximum Gasteiger partial charge on any atom is 0.317 e. The smallest absolute Gasteiger partial charge is 0.317 e. The molecular weight excluding hydrogens is 238 g/mol. The van der Waals surface area contributed by atoms with Gasteiger partial charge in [-0.15, -0.1) is 0 Å². The molecule has 7 nitrogen and oxygen atoms in total. The third-order valence-electron chi connectivity index (χ3n) is 3.45. The Hall–Kier alpha value is -1.18. The minimum absolute atomic E-state index is 0.0153. The number of aliphatic carboxylic acids is 1. The van der Waals surface area contributed by atoms with E-state index in [1.807, 2.05) is 4.90 Å². The molecule has 0 aromatic rings. The molecule has 2 fully saturated rings. The monoisotopic (exact) mass is 257 g/mol. The van der Waals surface area contributed by atoms with Gasteiger partial charge < -0.3 is 20.4 Å². The highest BCUT2D eigenvalue weighted by molar-refractivity contribution is 5.82. The lowest BCUT2D eigenvalue weighted by Crippen LogP contribution is -2.53. The van der Waals surface area contributed by atoms with Gasteiger partial charge in [-0.05, 0) is 6.42 Å². The van der Waals surface area contributed by atoms with E-state index < -0.39 is 12.1 Å². The summed E-state index contributed by atoms with van der Waals surface area (Å²) in [4.78, 5) is 26.2. The molecular formula is C11H19N3O4. The lowest BCUT2D eigenvalue weighted by molar-refractivity contribution is -0.139. The fourth-order valence-corrected chi connectivity index (χ4v) is 2.44. The topological polar surface area (TPSA) is 93.1 Å². The number of hydrogen-bond donors (Lipinski definition) is 3. The van der Waals surface area contributed by atoms with Gasteiger partial charge in [0.05, 0.1) is 18.7 Å². The number of nitrogens with one attached hydrogen (secondary N) is 1. The normalized spacial score (nSPS) is 29.5. The molecule has 18 heavy (non-hydrogen) atoms. The number of β-amino-alcohol motifs (C(OH)–C–C–N with tert-alkyl or cyclic N) is 1. The van der Waals surface area contributed by atoms with Crippen LogP contribution in [0.1, 0.15) is 6.42 Å². The van der Waals surface area contributed by atoms with Crippen molar-refractivity contribution in [1.29, 1.82) is 0 Å². The number of carbonyl (C=O) groups is 2. The molecule has 3 N–H and O–H groups in total. The highest BCUT2D eigenvalue weighted by Gasteiger charge is 2.32. The van der Waals surface area contributed by atoms with Crippen molar-refractivity contribution in [3.05, 3.63) is 0 Å². The second-order valence-electron chi connectivity index (χ2n) is 4.85. The summed E-state index contributed by atoms with van der Waals surface area (Å²) in [6.45, 7) is 2.79. The molecule has 0 aromatic carbocycles. The van der Waals surface area contributed by atoms with Gasteiger partial charge in [0.25, 0.3) is 0 Å². The minimum Gasteiger partial charge on any atom is -0.480 e. The number of rotatable bonds is 3. The average Bonchev–Trinajstić information content (AvgIpc) is 2.75. The molecule has 102 valence electrons. The predicted molar refractivity (Wildman–Crippen MR) is 63.1 cm³/mol. The molecule has 2 unspecified atom stereocenters. The van der Waals surface area contributed by atoms with Gasteiger partial charge in [-0.3, -0.25) is 14.5 Å². The molecule has 7 heteroatoms. The number of piperazine rings is 1. The number of carboxylic acid groups (broad SMARTS) is 1. The molecule has 0 bridgehead atoms. The van der Waals surface area contributed by atoms with Gasteiger partial charge in [0.1, 0.15) is 0 Å². The molecule has 2 atom stereocenters. The van der Waals surface area contributed by atoms with Crippen LogP contribution in [-0.4, -0.2) is 83.3 Å². The number of aliphatic hydroxyl groups is 1. The summed E-state index contributed by atoms with van der Waals surface area (Å²) in [5.74, 6) is -0.822. The van der Waals surface area contributed by atoms with Crippen LogP contribution in [-0.2, 0) is 9.59 Å². The quantitative estimate of drug-likeness (QED) is 0.538. The van der Waals surface area contributed by atoms with Crippen LogP contribution in [0.5, 0.6) is 0 Å². The van der Waals surface area contributed by atoms with E-state index in [9.17, 15) is 14.7 Å². The zero-order valence-electron chi connectivity index (χ0n) is 10.2. The van der Waals surface area contributed by atoms with E-state index in [1.54, 1.807) is 4.90 Å². The number of hydrogen-bond acceptors (Lipinski definition) is 5. The Kier molecular flexibility index (Phi) is 4.15. The molecule has 0 saturated carbocycles. The van der Waals surface area contributed by atoms with Crippen LogP contribution in [0.3, 0.4) is 0 Å². The average molecular weight is 257 g/mol. The van der Waals surface area contributed by atoms with E-state index >= 15 is 0 Å². The second-order valence-corrected chi connectivity index (χ2v) is 4.85. The van der Waals surface area contributed by atoms with E-state index in [-0.39, 0.29) is 18.5 Å². The van der Waals surface area contributed by atoms with Gasteiger partial charge >= 0.3 is 5.97 Å². The Bertz CT molecular complexity index is 328. The van der Waals surface area contributed by atoms with Crippen molar-refractivity contribution >= 4 is 11.9 Å². The third-order valence-corrected chi connectivity index (χ3v) is 3.45. The highest BCUT2D eigenvalue weighted by atomic mass is 16.4. The summed E-state index contributed by atoms with van der Waals surface area (Å²) < 4.78 is 0. The summed E-state index contributed by atoms with van der Waals surface area (Å²) in [6, 6.07) is -0.286. The zero-order chi connectivity index (χ0) is 13.1. The Labute approximate surface area is 105 Å². The van der Waals surface area contributed by atoms with Crippen LogP contribution in [0.25, 0.3) is 0 Å².